The minimum atomic E-state index is -1.37. The predicted molar refractivity (Wildman–Crippen MR) is 357 cm³/mol. The van der Waals surface area contributed by atoms with Crippen LogP contribution in [0, 0.1) is 0 Å². The first kappa shape index (κ1) is 89.8. The van der Waals surface area contributed by atoms with Gasteiger partial charge >= 0.3 is 18.0 Å². The van der Waals surface area contributed by atoms with E-state index < -0.39 is 138 Å². The summed E-state index contributed by atoms with van der Waals surface area (Å²) in [6.07, 6.45) is -2.15. The first-order valence-corrected chi connectivity index (χ1v) is 33.0. The fourth-order valence-corrected chi connectivity index (χ4v) is 8.24. The number of alkyl carbamates (subject to hydrolysis) is 1. The number of likely N-dealkylation sites (N-methyl/N-ethyl adjacent to an activating group) is 2. The van der Waals surface area contributed by atoms with Gasteiger partial charge in [-0.3, -0.25) is 47.9 Å². The molecule has 0 saturated heterocycles. The fourth-order valence-electron chi connectivity index (χ4n) is 8.24. The van der Waals surface area contributed by atoms with Crippen molar-refractivity contribution in [2.45, 2.75) is 168 Å². The number of rotatable bonds is 53. The summed E-state index contributed by atoms with van der Waals surface area (Å²) in [4.78, 5) is 166. The third kappa shape index (κ3) is 43.4. The Kier molecular flexibility index (Phi) is 45.1. The number of esters is 2. The number of primary amides is 2. The number of ether oxygens (including phenoxy) is 11. The van der Waals surface area contributed by atoms with Gasteiger partial charge in [-0.25, -0.2) is 14.4 Å². The molecule has 0 aliphatic rings. The molecule has 0 heterocycles. The minimum absolute atomic E-state index is 0.0371. The number of carbonyl (C=O) groups excluding carboxylic acids is 13. The lowest BCUT2D eigenvalue weighted by Crippen LogP contribution is -2.55. The summed E-state index contributed by atoms with van der Waals surface area (Å²) < 4.78 is 59.9. The van der Waals surface area contributed by atoms with Gasteiger partial charge in [-0.05, 0) is 81.2 Å². The molecule has 100 heavy (non-hydrogen) atoms. The van der Waals surface area contributed by atoms with E-state index in [9.17, 15) is 62.3 Å². The zero-order chi connectivity index (χ0) is 75.2. The molecule has 0 spiro atoms. The molecule has 35 nitrogen and oxygen atoms in total. The van der Waals surface area contributed by atoms with Crippen molar-refractivity contribution >= 4 is 77.1 Å². The average Bonchev–Trinajstić information content (AvgIpc) is 0.861. The molecule has 1 aromatic carbocycles. The molecule has 0 aliphatic heterocycles. The SMILES string of the molecule is C[C@H](NC(=O)CCOCCOCCOCCOCCNC(=O)CC[C@H](NC(=O)OCc1ccccc1)C(=O)NCCOCCOCCOCCOCCC(=O)N[C@@H](C)C(=O)N(C)[C@@H](C)C(=O)N[C@@H](CC(N)=O)C(=O)OC(C)(C)C)C(=O)N(C)[C@@H](C)C(=O)N[C@@H](CC(N)=O)C(=O)OC(C)(C)C. The van der Waals surface area contributed by atoms with Gasteiger partial charge in [-0.2, -0.15) is 0 Å². The topological polar surface area (TPSA) is 466 Å². The highest BCUT2D eigenvalue weighted by molar-refractivity contribution is 5.96. The summed E-state index contributed by atoms with van der Waals surface area (Å²) in [7, 11) is 2.71. The van der Waals surface area contributed by atoms with Crippen molar-refractivity contribution in [3.63, 3.8) is 0 Å². The zero-order valence-corrected chi connectivity index (χ0v) is 60.0. The van der Waals surface area contributed by atoms with Gasteiger partial charge in [0.15, 0.2) is 0 Å². The number of hydrogen-bond donors (Lipinski definition) is 9. The van der Waals surface area contributed by atoms with E-state index in [-0.39, 0.29) is 157 Å². The Labute approximate surface area is 584 Å². The van der Waals surface area contributed by atoms with E-state index in [1.54, 1.807) is 65.8 Å². The summed E-state index contributed by atoms with van der Waals surface area (Å²) in [6, 6.07) is 0.899. The summed E-state index contributed by atoms with van der Waals surface area (Å²) in [5.74, 6) is -7.95. The second-order valence-electron chi connectivity index (χ2n) is 24.7. The van der Waals surface area contributed by atoms with Gasteiger partial charge < -0.3 is 111 Å². The largest absolute Gasteiger partial charge is 0.458 e. The van der Waals surface area contributed by atoms with Gasteiger partial charge in [-0.1, -0.05) is 30.3 Å². The van der Waals surface area contributed by atoms with Crippen molar-refractivity contribution in [3.05, 3.63) is 35.9 Å². The number of amides is 11. The quantitative estimate of drug-likeness (QED) is 0.0200. The predicted octanol–water partition coefficient (Wildman–Crippen LogP) is -1.69. The molecule has 1 aromatic rings. The molecule has 0 fully saturated rings. The van der Waals surface area contributed by atoms with Gasteiger partial charge in [-0.15, -0.1) is 0 Å². The maximum atomic E-state index is 13.2. The summed E-state index contributed by atoms with van der Waals surface area (Å²) in [5, 5.41) is 17.9. The zero-order valence-electron chi connectivity index (χ0n) is 60.0. The molecule has 0 aliphatic carbocycles. The van der Waals surface area contributed by atoms with Crippen LogP contribution < -0.4 is 48.7 Å². The number of carbonyl (C=O) groups is 13. The maximum Gasteiger partial charge on any atom is 0.408 e. The Morgan fingerprint density at radius 2 is 0.770 bits per heavy atom. The first-order valence-electron chi connectivity index (χ1n) is 33.0. The monoisotopic (exact) mass is 1430 g/mol. The Bertz CT molecular complexity index is 2700. The van der Waals surface area contributed by atoms with Crippen molar-refractivity contribution < 1.29 is 114 Å². The summed E-state index contributed by atoms with van der Waals surface area (Å²) in [6.45, 7) is 18.7. The molecule has 11 amide bonds. The lowest BCUT2D eigenvalue weighted by atomic mass is 10.1. The maximum absolute atomic E-state index is 13.2. The molecule has 1 rings (SSSR count). The van der Waals surface area contributed by atoms with Crippen LogP contribution in [-0.2, 0) is 116 Å². The smallest absolute Gasteiger partial charge is 0.408 e. The van der Waals surface area contributed by atoms with E-state index in [0.29, 0.717) is 0 Å². The number of benzene rings is 1. The number of nitrogens with zero attached hydrogens (tertiary/aromatic N) is 2. The molecule has 0 unspecified atom stereocenters. The van der Waals surface area contributed by atoms with Crippen LogP contribution in [0.3, 0.4) is 0 Å². The van der Waals surface area contributed by atoms with E-state index in [0.717, 1.165) is 15.4 Å². The molecule has 568 valence electrons. The lowest BCUT2D eigenvalue weighted by Gasteiger charge is -2.29. The molecule has 0 saturated carbocycles. The van der Waals surface area contributed by atoms with Crippen LogP contribution in [0.1, 0.15) is 113 Å². The van der Waals surface area contributed by atoms with Gasteiger partial charge in [0.2, 0.25) is 59.1 Å². The van der Waals surface area contributed by atoms with E-state index >= 15 is 0 Å². The minimum Gasteiger partial charge on any atom is -0.458 e. The molecule has 0 bridgehead atoms. The van der Waals surface area contributed by atoms with Crippen molar-refractivity contribution in [2.24, 2.45) is 11.5 Å². The molecule has 35 heteroatoms. The fraction of sp³-hybridized carbons (Fsp3) is 0.708. The molecule has 7 atom stereocenters. The van der Waals surface area contributed by atoms with Crippen LogP contribution in [0.15, 0.2) is 30.3 Å². The normalized spacial score (nSPS) is 13.4. The van der Waals surface area contributed by atoms with Crippen LogP contribution in [-0.4, -0.2) is 273 Å². The third-order valence-corrected chi connectivity index (χ3v) is 13.7. The van der Waals surface area contributed by atoms with E-state index in [1.807, 2.05) is 6.07 Å². The third-order valence-electron chi connectivity index (χ3n) is 13.7. The highest BCUT2D eigenvalue weighted by Crippen LogP contribution is 2.13. The van der Waals surface area contributed by atoms with Crippen LogP contribution >= 0.6 is 0 Å². The van der Waals surface area contributed by atoms with Crippen molar-refractivity contribution in [1.29, 1.82) is 0 Å². The average molecular weight is 1430 g/mol. The second-order valence-corrected chi connectivity index (χ2v) is 24.7. The van der Waals surface area contributed by atoms with Crippen LogP contribution in [0.2, 0.25) is 0 Å². The number of nitrogens with two attached hydrogens (primary N) is 2. The Morgan fingerprint density at radius 1 is 0.420 bits per heavy atom. The summed E-state index contributed by atoms with van der Waals surface area (Å²) in [5.41, 5.74) is 9.46. The van der Waals surface area contributed by atoms with E-state index in [1.165, 1.54) is 41.8 Å². The lowest BCUT2D eigenvalue weighted by molar-refractivity contribution is -0.160. The number of nitrogens with one attached hydrogen (secondary N) is 7. The molecule has 11 N–H and O–H groups in total. The van der Waals surface area contributed by atoms with Crippen molar-refractivity contribution in [3.8, 4) is 0 Å². The Morgan fingerprint density at radius 3 is 1.13 bits per heavy atom. The first-order chi connectivity index (χ1) is 47.1. The van der Waals surface area contributed by atoms with Gasteiger partial charge in [0.25, 0.3) is 0 Å². The molecule has 0 radical (unpaired) electrons. The highest BCUT2D eigenvalue weighted by Gasteiger charge is 2.35. The van der Waals surface area contributed by atoms with Crippen LogP contribution in [0.5, 0.6) is 0 Å². The van der Waals surface area contributed by atoms with E-state index in [4.69, 9.17) is 63.6 Å². The molecular formula is C65H109N11O24. The summed E-state index contributed by atoms with van der Waals surface area (Å²) >= 11 is 0. The van der Waals surface area contributed by atoms with Crippen molar-refractivity contribution in [2.75, 3.05) is 133 Å². The van der Waals surface area contributed by atoms with Crippen LogP contribution in [0.25, 0.3) is 0 Å². The standard InChI is InChI=1S/C65H109N11O24/c1-43(59(85)75(11)45(3)56(82)72-49(40-51(66)77)61(87)99-64(5,6)7)70-54(80)20-24-90-28-32-94-36-38-96-34-30-92-26-22-68-53(79)19-18-48(74-63(89)98-42-47-16-14-13-15-17-47)58(84)69-23-27-93-31-35-97-39-37-95-33-29-91-25-21-55(81)71-44(2)60(86)76(12)46(4)57(83)73-50(41-52(67)78)62(88)100-65(8,9)10/h13-17,43-46,48-50H,18-42H2,1-12H3,(H2,66,77)(H2,67,78)(H,68,79)(H,69,84)(H,70,80)(H,71,81)(H,72,82)(H,73,83)(H,74,89)/t43-,44-,45-,46-,48-,49-,50-/m0/s1. The highest BCUT2D eigenvalue weighted by atomic mass is 16.6. The van der Waals surface area contributed by atoms with Gasteiger partial charge in [0, 0.05) is 46.4 Å². The van der Waals surface area contributed by atoms with Crippen molar-refractivity contribution in [1.82, 2.24) is 47.0 Å². The Balaban J connectivity index is 2.29. The van der Waals surface area contributed by atoms with Gasteiger partial charge in [0.1, 0.15) is 60.1 Å². The molecule has 0 aromatic heterocycles. The molecular weight excluding hydrogens is 1320 g/mol. The van der Waals surface area contributed by atoms with Crippen LogP contribution in [0.4, 0.5) is 4.79 Å². The van der Waals surface area contributed by atoms with Gasteiger partial charge in [0.05, 0.1) is 119 Å². The van der Waals surface area contributed by atoms with E-state index in [2.05, 4.69) is 37.2 Å². The number of hydrogen-bond acceptors (Lipinski definition) is 24. The Hall–Kier alpha value is -8.19. The second kappa shape index (κ2) is 50.2.